The number of aromatic nitrogens is 1. The van der Waals surface area contributed by atoms with Crippen molar-refractivity contribution < 1.29 is 9.84 Å². The molecule has 0 radical (unpaired) electrons. The van der Waals surface area contributed by atoms with Crippen molar-refractivity contribution in [2.75, 3.05) is 7.11 Å². The summed E-state index contributed by atoms with van der Waals surface area (Å²) in [4.78, 5) is 4.04. The van der Waals surface area contributed by atoms with E-state index in [2.05, 4.69) is 18.8 Å². The fourth-order valence-electron chi connectivity index (χ4n) is 1.72. The average Bonchev–Trinajstić information content (AvgIpc) is 2.30. The Labute approximate surface area is 91.1 Å². The number of rotatable bonds is 5. The Morgan fingerprint density at radius 2 is 2.00 bits per heavy atom. The van der Waals surface area contributed by atoms with Crippen LogP contribution >= 0.6 is 0 Å². The maximum Gasteiger partial charge on any atom is 0.137 e. The van der Waals surface area contributed by atoms with Gasteiger partial charge in [-0.05, 0) is 12.0 Å². The lowest BCUT2D eigenvalue weighted by Gasteiger charge is -2.20. The molecule has 0 saturated heterocycles. The molecular weight excluding hydrogens is 190 g/mol. The molecule has 1 N–H and O–H groups in total. The van der Waals surface area contributed by atoms with Crippen LogP contribution in [-0.2, 0) is 0 Å². The summed E-state index contributed by atoms with van der Waals surface area (Å²) in [5, 5.41) is 10.1. The molecule has 0 bridgehead atoms. The van der Waals surface area contributed by atoms with Crippen LogP contribution in [0.5, 0.6) is 5.75 Å². The average molecular weight is 209 g/mol. The van der Waals surface area contributed by atoms with Crippen molar-refractivity contribution >= 4 is 0 Å². The molecule has 3 nitrogen and oxygen atoms in total. The van der Waals surface area contributed by atoms with E-state index < -0.39 is 6.10 Å². The highest BCUT2D eigenvalue weighted by atomic mass is 16.5. The molecule has 1 heterocycles. The van der Waals surface area contributed by atoms with Gasteiger partial charge in [0, 0.05) is 11.8 Å². The van der Waals surface area contributed by atoms with E-state index in [1.165, 1.54) is 0 Å². The summed E-state index contributed by atoms with van der Waals surface area (Å²) in [5.41, 5.74) is 0.836. The van der Waals surface area contributed by atoms with Crippen LogP contribution in [0.2, 0.25) is 0 Å². The van der Waals surface area contributed by atoms with Gasteiger partial charge < -0.3 is 9.84 Å². The second kappa shape index (κ2) is 5.71. The van der Waals surface area contributed by atoms with Crippen molar-refractivity contribution in [1.29, 1.82) is 0 Å². The monoisotopic (exact) mass is 209 g/mol. The molecule has 0 spiro atoms. The molecule has 1 aromatic rings. The summed E-state index contributed by atoms with van der Waals surface area (Å²) in [6.07, 6.45) is 4.83. The molecule has 0 aliphatic carbocycles. The highest BCUT2D eigenvalue weighted by Gasteiger charge is 2.18. The van der Waals surface area contributed by atoms with E-state index >= 15 is 0 Å². The first-order valence-corrected chi connectivity index (χ1v) is 5.39. The van der Waals surface area contributed by atoms with Gasteiger partial charge in [-0.3, -0.25) is 4.98 Å². The zero-order valence-electron chi connectivity index (χ0n) is 9.60. The third-order valence-electron chi connectivity index (χ3n) is 2.81. The van der Waals surface area contributed by atoms with Gasteiger partial charge in [0.15, 0.2) is 0 Å². The molecule has 1 aromatic heterocycles. The van der Waals surface area contributed by atoms with Crippen molar-refractivity contribution in [2.45, 2.75) is 32.8 Å². The van der Waals surface area contributed by atoms with Crippen LogP contribution in [0.25, 0.3) is 0 Å². The molecular formula is C12H19NO2. The number of hydrogen-bond acceptors (Lipinski definition) is 3. The van der Waals surface area contributed by atoms with Gasteiger partial charge in [-0.2, -0.15) is 0 Å². The first kappa shape index (κ1) is 12.0. The topological polar surface area (TPSA) is 42.4 Å². The van der Waals surface area contributed by atoms with Gasteiger partial charge in [-0.1, -0.05) is 26.7 Å². The lowest BCUT2D eigenvalue weighted by atomic mass is 9.92. The van der Waals surface area contributed by atoms with Crippen LogP contribution in [-0.4, -0.2) is 17.2 Å². The molecule has 1 rings (SSSR count). The van der Waals surface area contributed by atoms with E-state index in [9.17, 15) is 5.11 Å². The number of aliphatic hydroxyl groups excluding tert-OH is 1. The van der Waals surface area contributed by atoms with Crippen molar-refractivity contribution in [1.82, 2.24) is 4.98 Å². The molecule has 1 atom stereocenters. The fourth-order valence-corrected chi connectivity index (χ4v) is 1.72. The first-order chi connectivity index (χ1) is 7.22. The number of hydrogen-bond donors (Lipinski definition) is 1. The van der Waals surface area contributed by atoms with E-state index in [0.29, 0.717) is 11.7 Å². The van der Waals surface area contributed by atoms with Crippen LogP contribution in [0.4, 0.5) is 0 Å². The normalized spacial score (nSPS) is 12.9. The smallest absolute Gasteiger partial charge is 0.137 e. The van der Waals surface area contributed by atoms with Gasteiger partial charge in [0.05, 0.1) is 19.4 Å². The highest BCUT2D eigenvalue weighted by Crippen LogP contribution is 2.28. The zero-order valence-corrected chi connectivity index (χ0v) is 9.60. The zero-order chi connectivity index (χ0) is 11.3. The summed E-state index contributed by atoms with van der Waals surface area (Å²) in [6, 6.07) is 1.84. The number of methoxy groups -OCH3 is 1. The van der Waals surface area contributed by atoms with Gasteiger partial charge in [-0.25, -0.2) is 0 Å². The molecule has 1 unspecified atom stereocenters. The van der Waals surface area contributed by atoms with Crippen LogP contribution in [0.3, 0.4) is 0 Å². The molecule has 0 fully saturated rings. The number of nitrogens with zero attached hydrogens (tertiary/aromatic N) is 1. The first-order valence-electron chi connectivity index (χ1n) is 5.39. The maximum atomic E-state index is 10.1. The van der Waals surface area contributed by atoms with Crippen molar-refractivity contribution in [3.8, 4) is 5.75 Å². The summed E-state index contributed by atoms with van der Waals surface area (Å²) >= 11 is 0. The molecule has 0 saturated carbocycles. The Morgan fingerprint density at radius 1 is 1.33 bits per heavy atom. The second-order valence-corrected chi connectivity index (χ2v) is 3.68. The Balaban J connectivity index is 2.84. The van der Waals surface area contributed by atoms with Gasteiger partial charge in [0.1, 0.15) is 5.75 Å². The van der Waals surface area contributed by atoms with Crippen LogP contribution in [0, 0.1) is 5.92 Å². The third-order valence-corrected chi connectivity index (χ3v) is 2.81. The minimum absolute atomic E-state index is 0.291. The minimum Gasteiger partial charge on any atom is -0.495 e. The maximum absolute atomic E-state index is 10.1. The SMILES string of the molecule is CCC(CC)C(O)c1cncc(OC)c1. The van der Waals surface area contributed by atoms with Gasteiger partial charge >= 0.3 is 0 Å². The van der Waals surface area contributed by atoms with Gasteiger partial charge in [0.25, 0.3) is 0 Å². The molecule has 15 heavy (non-hydrogen) atoms. The van der Waals surface area contributed by atoms with Gasteiger partial charge in [0.2, 0.25) is 0 Å². The summed E-state index contributed by atoms with van der Waals surface area (Å²) in [6.45, 7) is 4.18. The molecule has 3 heteroatoms. The van der Waals surface area contributed by atoms with Crippen LogP contribution in [0.1, 0.15) is 38.4 Å². The van der Waals surface area contributed by atoms with Crippen LogP contribution < -0.4 is 4.74 Å². The largest absolute Gasteiger partial charge is 0.495 e. The van der Waals surface area contributed by atoms with Gasteiger partial charge in [-0.15, -0.1) is 0 Å². The standard InChI is InChI=1S/C12H19NO2/c1-4-9(5-2)12(14)10-6-11(15-3)8-13-7-10/h6-9,12,14H,4-5H2,1-3H3. The van der Waals surface area contributed by atoms with Crippen molar-refractivity contribution in [3.05, 3.63) is 24.0 Å². The van der Waals surface area contributed by atoms with E-state index in [4.69, 9.17) is 4.74 Å². The number of aliphatic hydroxyl groups is 1. The second-order valence-electron chi connectivity index (χ2n) is 3.68. The Kier molecular flexibility index (Phi) is 4.56. The quantitative estimate of drug-likeness (QED) is 0.810. The Hall–Kier alpha value is -1.09. The number of ether oxygens (including phenoxy) is 1. The van der Waals surface area contributed by atoms with Crippen molar-refractivity contribution in [3.63, 3.8) is 0 Å². The van der Waals surface area contributed by atoms with E-state index in [0.717, 1.165) is 18.4 Å². The molecule has 84 valence electrons. The molecule has 0 aromatic carbocycles. The molecule has 0 amide bonds. The summed E-state index contributed by atoms with van der Waals surface area (Å²) in [5.74, 6) is 0.983. The molecule has 0 aliphatic rings. The van der Waals surface area contributed by atoms with Crippen molar-refractivity contribution in [2.24, 2.45) is 5.92 Å². The fraction of sp³-hybridized carbons (Fsp3) is 0.583. The minimum atomic E-state index is -0.442. The predicted molar refractivity (Wildman–Crippen MR) is 59.8 cm³/mol. The number of pyridine rings is 1. The summed E-state index contributed by atoms with van der Waals surface area (Å²) in [7, 11) is 1.60. The summed E-state index contributed by atoms with van der Waals surface area (Å²) < 4.78 is 5.08. The molecule has 0 aliphatic heterocycles. The Bertz CT molecular complexity index is 297. The lowest BCUT2D eigenvalue weighted by molar-refractivity contribution is 0.103. The van der Waals surface area contributed by atoms with Crippen LogP contribution in [0.15, 0.2) is 18.5 Å². The highest BCUT2D eigenvalue weighted by molar-refractivity contribution is 5.25. The predicted octanol–water partition coefficient (Wildman–Crippen LogP) is 2.56. The Morgan fingerprint density at radius 3 is 2.53 bits per heavy atom. The van der Waals surface area contributed by atoms with E-state index in [1.807, 2.05) is 6.07 Å². The van der Waals surface area contributed by atoms with E-state index in [1.54, 1.807) is 19.5 Å². The lowest BCUT2D eigenvalue weighted by Crippen LogP contribution is -2.11. The van der Waals surface area contributed by atoms with E-state index in [-0.39, 0.29) is 0 Å². The third kappa shape index (κ3) is 2.93.